The minimum atomic E-state index is -1.21. The highest BCUT2D eigenvalue weighted by Gasteiger charge is 2.59. The van der Waals surface area contributed by atoms with Crippen LogP contribution in [0.4, 0.5) is 14.5 Å². The smallest absolute Gasteiger partial charge is 0.270 e. The number of pyridine rings is 1. The van der Waals surface area contributed by atoms with Crippen molar-refractivity contribution in [3.8, 4) is 17.0 Å². The van der Waals surface area contributed by atoms with E-state index in [0.717, 1.165) is 29.1 Å². The molecule has 4 heterocycles. The molecule has 1 fully saturated rings. The van der Waals surface area contributed by atoms with Crippen molar-refractivity contribution in [3.05, 3.63) is 77.0 Å². The van der Waals surface area contributed by atoms with Crippen LogP contribution in [0.15, 0.2) is 42.7 Å². The number of hydrogen-bond donors (Lipinski definition) is 3. The van der Waals surface area contributed by atoms with Gasteiger partial charge in [0.15, 0.2) is 0 Å². The van der Waals surface area contributed by atoms with Crippen molar-refractivity contribution in [2.45, 2.75) is 58.5 Å². The van der Waals surface area contributed by atoms with Crippen LogP contribution >= 0.6 is 0 Å². The first-order valence-electron chi connectivity index (χ1n) is 13.8. The predicted molar refractivity (Wildman–Crippen MR) is 150 cm³/mol. The summed E-state index contributed by atoms with van der Waals surface area (Å²) in [4.78, 5) is 32.1. The maximum absolute atomic E-state index is 15.4. The van der Waals surface area contributed by atoms with Gasteiger partial charge in [0.1, 0.15) is 29.1 Å². The van der Waals surface area contributed by atoms with Crippen molar-refractivity contribution < 1.29 is 23.1 Å². The summed E-state index contributed by atoms with van der Waals surface area (Å²) in [5.41, 5.74) is 3.37. The number of carbonyl (C=O) groups is 2. The number of H-pyrrole nitrogens is 1. The molecule has 2 amide bonds. The molecule has 12 heteroatoms. The Labute approximate surface area is 240 Å². The van der Waals surface area contributed by atoms with Gasteiger partial charge in [0, 0.05) is 52.5 Å². The minimum Gasteiger partial charge on any atom is -0.492 e. The Kier molecular flexibility index (Phi) is 6.78. The van der Waals surface area contributed by atoms with Gasteiger partial charge < -0.3 is 15.4 Å². The van der Waals surface area contributed by atoms with Crippen LogP contribution in [0.5, 0.6) is 5.75 Å². The van der Waals surface area contributed by atoms with E-state index in [9.17, 15) is 14.0 Å². The van der Waals surface area contributed by atoms with E-state index in [0.29, 0.717) is 24.2 Å². The lowest BCUT2D eigenvalue weighted by atomic mass is 9.75. The fourth-order valence-corrected chi connectivity index (χ4v) is 5.92. The van der Waals surface area contributed by atoms with Gasteiger partial charge in [-0.3, -0.25) is 24.4 Å². The van der Waals surface area contributed by atoms with Gasteiger partial charge in [-0.1, -0.05) is 0 Å². The number of carbonyl (C=O) groups excluding carboxylic acids is 2. The van der Waals surface area contributed by atoms with E-state index in [1.165, 1.54) is 12.4 Å². The third-order valence-electron chi connectivity index (χ3n) is 8.14. The molecule has 10 nitrogen and oxygen atoms in total. The van der Waals surface area contributed by atoms with Crippen LogP contribution in [0.3, 0.4) is 0 Å². The molecule has 3 N–H and O–H groups in total. The van der Waals surface area contributed by atoms with E-state index in [-0.39, 0.29) is 29.7 Å². The maximum atomic E-state index is 15.4. The average Bonchev–Trinajstić information content (AvgIpc) is 3.37. The lowest BCUT2D eigenvalue weighted by molar-refractivity contribution is -0.119. The second-order valence-corrected chi connectivity index (χ2v) is 11.4. The molecular weight excluding hydrogens is 544 g/mol. The van der Waals surface area contributed by atoms with Gasteiger partial charge in [-0.05, 0) is 58.7 Å². The number of ether oxygens (including phenoxy) is 1. The molecule has 1 spiro atoms. The summed E-state index contributed by atoms with van der Waals surface area (Å²) in [5, 5.41) is 17.1. The molecule has 1 aromatic carbocycles. The zero-order chi connectivity index (χ0) is 29.8. The topological polar surface area (TPSA) is 127 Å². The largest absolute Gasteiger partial charge is 0.492 e. The minimum absolute atomic E-state index is 0.0335. The van der Waals surface area contributed by atoms with Gasteiger partial charge in [0.05, 0.1) is 29.9 Å². The average molecular weight is 576 g/mol. The number of benzene rings is 1. The van der Waals surface area contributed by atoms with E-state index in [4.69, 9.17) is 4.74 Å². The third-order valence-corrected chi connectivity index (χ3v) is 8.14. The predicted octanol–water partition coefficient (Wildman–Crippen LogP) is 4.84. The molecule has 0 bridgehead atoms. The highest BCUT2D eigenvalue weighted by Crippen LogP contribution is 2.61. The van der Waals surface area contributed by atoms with Crippen LogP contribution in [0.2, 0.25) is 0 Å². The van der Waals surface area contributed by atoms with Crippen molar-refractivity contribution in [1.82, 2.24) is 30.3 Å². The molecule has 1 aliphatic heterocycles. The number of hydrogen-bond acceptors (Lipinski definition) is 6. The van der Waals surface area contributed by atoms with E-state index >= 15 is 4.39 Å². The van der Waals surface area contributed by atoms with E-state index in [2.05, 4.69) is 30.9 Å². The Bertz CT molecular complexity index is 1660. The maximum Gasteiger partial charge on any atom is 0.270 e. The first-order chi connectivity index (χ1) is 20.1. The Balaban J connectivity index is 1.36. The number of aromatic amines is 1. The summed E-state index contributed by atoms with van der Waals surface area (Å²) in [6, 6.07) is 5.62. The monoisotopic (exact) mass is 575 g/mol. The fraction of sp³-hybridized carbons (Fsp3) is 0.367. The van der Waals surface area contributed by atoms with Crippen LogP contribution in [0.1, 0.15) is 66.1 Å². The first kappa shape index (κ1) is 27.6. The fourth-order valence-electron chi connectivity index (χ4n) is 5.92. The SMILES string of the molecule is Cc1n[nH]c(C)c1-c1ccc(NC(=O)[C@@H](NC(=O)c2ccnn2C(C)C)C2c3c(F)cc(F)cc3OCC23CC3)cn1. The van der Waals surface area contributed by atoms with E-state index < -0.39 is 40.8 Å². The second kappa shape index (κ2) is 10.3. The Morgan fingerprint density at radius 1 is 1.17 bits per heavy atom. The zero-order valence-electron chi connectivity index (χ0n) is 23.7. The second-order valence-electron chi connectivity index (χ2n) is 11.4. The van der Waals surface area contributed by atoms with Crippen molar-refractivity contribution in [1.29, 1.82) is 0 Å². The summed E-state index contributed by atoms with van der Waals surface area (Å²) in [5.74, 6) is -3.46. The number of nitrogens with one attached hydrogen (secondary N) is 3. The van der Waals surface area contributed by atoms with Crippen LogP contribution in [0, 0.1) is 30.9 Å². The van der Waals surface area contributed by atoms with E-state index in [1.807, 2.05) is 27.7 Å². The molecule has 3 aromatic heterocycles. The summed E-state index contributed by atoms with van der Waals surface area (Å²) < 4.78 is 36.9. The van der Waals surface area contributed by atoms with Crippen molar-refractivity contribution in [3.63, 3.8) is 0 Å². The zero-order valence-corrected chi connectivity index (χ0v) is 23.7. The number of nitrogens with zero attached hydrogens (tertiary/aromatic N) is 4. The lowest BCUT2D eigenvalue weighted by Crippen LogP contribution is -2.52. The van der Waals surface area contributed by atoms with Crippen molar-refractivity contribution >= 4 is 17.5 Å². The summed E-state index contributed by atoms with van der Waals surface area (Å²) in [7, 11) is 0. The Morgan fingerprint density at radius 2 is 1.95 bits per heavy atom. The number of halogens is 2. The number of aromatic nitrogens is 5. The molecule has 42 heavy (non-hydrogen) atoms. The van der Waals surface area contributed by atoms with Crippen LogP contribution in [0.25, 0.3) is 11.3 Å². The number of aryl methyl sites for hydroxylation is 2. The molecular formula is C30H31F2N7O3. The molecule has 1 aliphatic carbocycles. The Hall–Kier alpha value is -4.61. The normalized spacial score (nSPS) is 17.5. The number of amides is 2. The standard InChI is InChI=1S/C30H31F2N7O3/c1-15(2)39-22(7-10-34-39)28(40)36-27(26-25-20(32)11-18(31)12-23(25)42-14-30(26)8-9-30)29(41)35-19-5-6-21(33-13-19)24-16(3)37-38-17(24)4/h5-7,10-13,15,26-27H,8-9,14H2,1-4H3,(H,35,41)(H,36,40)(H,37,38)/t26?,27-/m0/s1. The van der Waals surface area contributed by atoms with Gasteiger partial charge in [0.2, 0.25) is 5.91 Å². The third kappa shape index (κ3) is 4.80. The first-order valence-corrected chi connectivity index (χ1v) is 13.8. The molecule has 2 atom stereocenters. The molecule has 0 saturated heterocycles. The van der Waals surface area contributed by atoms with Crippen LogP contribution in [-0.2, 0) is 4.79 Å². The summed E-state index contributed by atoms with van der Waals surface area (Å²) >= 11 is 0. The quantitative estimate of drug-likeness (QED) is 0.290. The van der Waals surface area contributed by atoms with Gasteiger partial charge in [-0.15, -0.1) is 0 Å². The van der Waals surface area contributed by atoms with Gasteiger partial charge >= 0.3 is 0 Å². The molecule has 1 saturated carbocycles. The number of anilines is 1. The lowest BCUT2D eigenvalue weighted by Gasteiger charge is -2.38. The van der Waals surface area contributed by atoms with Crippen LogP contribution < -0.4 is 15.4 Å². The van der Waals surface area contributed by atoms with Gasteiger partial charge in [0.25, 0.3) is 5.91 Å². The highest BCUT2D eigenvalue weighted by atomic mass is 19.1. The van der Waals surface area contributed by atoms with E-state index in [1.54, 1.807) is 22.9 Å². The molecule has 0 radical (unpaired) electrons. The molecule has 4 aromatic rings. The highest BCUT2D eigenvalue weighted by molar-refractivity contribution is 6.01. The van der Waals surface area contributed by atoms with Crippen LogP contribution in [-0.4, -0.2) is 49.4 Å². The molecule has 218 valence electrons. The molecule has 2 aliphatic rings. The van der Waals surface area contributed by atoms with Gasteiger partial charge in [-0.2, -0.15) is 10.2 Å². The molecule has 6 rings (SSSR count). The molecule has 1 unspecified atom stereocenters. The number of fused-ring (bicyclic) bond motifs is 1. The van der Waals surface area contributed by atoms with Crippen molar-refractivity contribution in [2.24, 2.45) is 5.41 Å². The summed E-state index contributed by atoms with van der Waals surface area (Å²) in [6.45, 7) is 7.72. The van der Waals surface area contributed by atoms with Gasteiger partial charge in [-0.25, -0.2) is 8.78 Å². The summed E-state index contributed by atoms with van der Waals surface area (Å²) in [6.07, 6.45) is 4.36. The Morgan fingerprint density at radius 3 is 2.60 bits per heavy atom. The number of rotatable bonds is 7. The van der Waals surface area contributed by atoms with Crippen molar-refractivity contribution in [2.75, 3.05) is 11.9 Å².